The summed E-state index contributed by atoms with van der Waals surface area (Å²) < 4.78 is 10.9. The van der Waals surface area contributed by atoms with E-state index in [0.29, 0.717) is 12.1 Å². The lowest BCUT2D eigenvalue weighted by atomic mass is 10.2. The van der Waals surface area contributed by atoms with Crippen LogP contribution < -0.4 is 17.0 Å². The predicted molar refractivity (Wildman–Crippen MR) is 86.6 cm³/mol. The molecule has 0 saturated heterocycles. The van der Waals surface area contributed by atoms with Crippen molar-refractivity contribution in [3.05, 3.63) is 43.4 Å². The molecule has 2 aromatic rings. The first-order valence-electron chi connectivity index (χ1n) is 7.53. The van der Waals surface area contributed by atoms with Crippen LogP contribution in [0.1, 0.15) is 45.5 Å². The number of rotatable bonds is 6. The Labute approximate surface area is 141 Å². The number of H-pyrrole nitrogens is 1. The number of aromatic amines is 1. The third-order valence-electron chi connectivity index (χ3n) is 3.54. The molecule has 3 N–H and O–H groups in total. The average Bonchev–Trinajstić information content (AvgIpc) is 2.87. The van der Waals surface area contributed by atoms with Crippen molar-refractivity contribution >= 4 is 17.6 Å². The Bertz CT molecular complexity index is 917. The maximum Gasteiger partial charge on any atom is 0.344 e. The van der Waals surface area contributed by atoms with E-state index in [4.69, 9.17) is 15.0 Å². The summed E-state index contributed by atoms with van der Waals surface area (Å²) in [6.45, 7) is 4.42. The van der Waals surface area contributed by atoms with E-state index in [0.717, 1.165) is 4.57 Å². The van der Waals surface area contributed by atoms with Crippen LogP contribution in [0.3, 0.4) is 0 Å². The van der Waals surface area contributed by atoms with Crippen molar-refractivity contribution in [2.75, 3.05) is 12.3 Å². The molecule has 0 aliphatic heterocycles. The van der Waals surface area contributed by atoms with Gasteiger partial charge in [0.15, 0.2) is 6.61 Å². The van der Waals surface area contributed by atoms with Gasteiger partial charge in [-0.15, -0.1) is 0 Å². The number of aryl methyl sites for hydroxylation is 2. The van der Waals surface area contributed by atoms with Crippen LogP contribution >= 0.6 is 0 Å². The minimum Gasteiger partial charge on any atom is -0.454 e. The van der Waals surface area contributed by atoms with Crippen molar-refractivity contribution < 1.29 is 18.8 Å². The van der Waals surface area contributed by atoms with Gasteiger partial charge >= 0.3 is 11.7 Å². The summed E-state index contributed by atoms with van der Waals surface area (Å²) in [6.07, 6.45) is 0.574. The number of nitrogens with zero attached hydrogens (tertiary/aromatic N) is 2. The second-order valence-corrected chi connectivity index (χ2v) is 5.37. The maximum atomic E-state index is 12.3. The standard InChI is InChI=1S/C15H18N4O6/c1-4-5-19-12(16)11(13(21)17-15(19)23)9(20)6-24-14(22)10-7(2)18-25-8(10)3/h4-6,16H2,1-3H3,(H,17,21,23). The first-order chi connectivity index (χ1) is 11.8. The molecule has 0 aliphatic rings. The normalized spacial score (nSPS) is 10.7. The Morgan fingerprint density at radius 3 is 2.52 bits per heavy atom. The molecule has 2 rings (SSSR count). The SMILES string of the molecule is CCCn1c(N)c(C(=O)COC(=O)c2c(C)noc2C)c(=O)[nH]c1=O. The van der Waals surface area contributed by atoms with Crippen LogP contribution in [0.15, 0.2) is 14.1 Å². The summed E-state index contributed by atoms with van der Waals surface area (Å²) in [5.74, 6) is -1.62. The van der Waals surface area contributed by atoms with Gasteiger partial charge in [0, 0.05) is 6.54 Å². The van der Waals surface area contributed by atoms with Gasteiger partial charge in [0.2, 0.25) is 5.78 Å². The Morgan fingerprint density at radius 2 is 1.96 bits per heavy atom. The largest absolute Gasteiger partial charge is 0.454 e. The van der Waals surface area contributed by atoms with Gasteiger partial charge < -0.3 is 15.0 Å². The summed E-state index contributed by atoms with van der Waals surface area (Å²) in [6, 6.07) is 0. The van der Waals surface area contributed by atoms with Crippen molar-refractivity contribution in [1.29, 1.82) is 0 Å². The smallest absolute Gasteiger partial charge is 0.344 e. The zero-order valence-corrected chi connectivity index (χ0v) is 14.0. The number of carbonyl (C=O) groups is 2. The third-order valence-corrected chi connectivity index (χ3v) is 3.54. The van der Waals surface area contributed by atoms with Crippen LogP contribution in [0.4, 0.5) is 5.82 Å². The molecule has 2 heterocycles. The Balaban J connectivity index is 2.24. The lowest BCUT2D eigenvalue weighted by Gasteiger charge is -2.11. The molecule has 0 atom stereocenters. The van der Waals surface area contributed by atoms with E-state index in [9.17, 15) is 19.2 Å². The highest BCUT2D eigenvalue weighted by atomic mass is 16.5. The lowest BCUT2D eigenvalue weighted by Crippen LogP contribution is -2.37. The fourth-order valence-corrected chi connectivity index (χ4v) is 2.35. The quantitative estimate of drug-likeness (QED) is 0.553. The van der Waals surface area contributed by atoms with E-state index < -0.39 is 35.2 Å². The van der Waals surface area contributed by atoms with Crippen molar-refractivity contribution in [2.24, 2.45) is 0 Å². The molecule has 10 heteroatoms. The summed E-state index contributed by atoms with van der Waals surface area (Å²) in [5.41, 5.74) is 4.18. The summed E-state index contributed by atoms with van der Waals surface area (Å²) in [5, 5.41) is 3.62. The van der Waals surface area contributed by atoms with Gasteiger partial charge in [-0.05, 0) is 20.3 Å². The Kier molecular flexibility index (Phi) is 5.20. The van der Waals surface area contributed by atoms with Crippen molar-refractivity contribution in [1.82, 2.24) is 14.7 Å². The predicted octanol–water partition coefficient (Wildman–Crippen LogP) is 0.173. The van der Waals surface area contributed by atoms with Gasteiger partial charge in [-0.2, -0.15) is 0 Å². The van der Waals surface area contributed by atoms with E-state index in [1.54, 1.807) is 6.92 Å². The number of nitrogens with one attached hydrogen (secondary N) is 1. The van der Waals surface area contributed by atoms with E-state index in [1.807, 2.05) is 11.9 Å². The Morgan fingerprint density at radius 1 is 1.28 bits per heavy atom. The number of ketones is 1. The molecular weight excluding hydrogens is 332 g/mol. The number of esters is 1. The third kappa shape index (κ3) is 3.52. The zero-order valence-electron chi connectivity index (χ0n) is 14.0. The molecule has 25 heavy (non-hydrogen) atoms. The van der Waals surface area contributed by atoms with Gasteiger partial charge in [-0.1, -0.05) is 12.1 Å². The van der Waals surface area contributed by atoms with Crippen LogP contribution in [-0.4, -0.2) is 33.1 Å². The second-order valence-electron chi connectivity index (χ2n) is 5.37. The molecule has 0 fully saturated rings. The molecule has 0 unspecified atom stereocenters. The van der Waals surface area contributed by atoms with Gasteiger partial charge in [0.05, 0.1) is 5.69 Å². The molecule has 134 valence electrons. The van der Waals surface area contributed by atoms with Gasteiger partial charge in [-0.3, -0.25) is 19.1 Å². The summed E-state index contributed by atoms with van der Waals surface area (Å²) in [4.78, 5) is 50.0. The van der Waals surface area contributed by atoms with Crippen LogP contribution in [0, 0.1) is 13.8 Å². The number of anilines is 1. The van der Waals surface area contributed by atoms with E-state index >= 15 is 0 Å². The minimum absolute atomic E-state index is 0.116. The lowest BCUT2D eigenvalue weighted by molar-refractivity contribution is 0.0472. The second kappa shape index (κ2) is 7.16. The number of nitrogens with two attached hydrogens (primary N) is 1. The first-order valence-corrected chi connectivity index (χ1v) is 7.53. The molecule has 2 aromatic heterocycles. The average molecular weight is 350 g/mol. The number of ether oxygens (including phenoxy) is 1. The van der Waals surface area contributed by atoms with E-state index in [-0.39, 0.29) is 23.7 Å². The molecule has 0 spiro atoms. The molecule has 0 bridgehead atoms. The first kappa shape index (κ1) is 18.2. The van der Waals surface area contributed by atoms with Crippen molar-refractivity contribution in [2.45, 2.75) is 33.7 Å². The van der Waals surface area contributed by atoms with Gasteiger partial charge in [0.25, 0.3) is 5.56 Å². The van der Waals surface area contributed by atoms with Crippen LogP contribution in [0.5, 0.6) is 0 Å². The summed E-state index contributed by atoms with van der Waals surface area (Å²) >= 11 is 0. The van der Waals surface area contributed by atoms with Crippen molar-refractivity contribution in [3.8, 4) is 0 Å². The van der Waals surface area contributed by atoms with E-state index in [2.05, 4.69) is 5.16 Å². The fourth-order valence-electron chi connectivity index (χ4n) is 2.35. The molecule has 0 aromatic carbocycles. The molecule has 0 aliphatic carbocycles. The topological polar surface area (TPSA) is 150 Å². The monoisotopic (exact) mass is 350 g/mol. The minimum atomic E-state index is -0.923. The number of Topliss-reactive ketones (excluding diaryl/α,β-unsaturated/α-hetero) is 1. The highest BCUT2D eigenvalue weighted by Gasteiger charge is 2.23. The fraction of sp³-hybridized carbons (Fsp3) is 0.400. The molecular formula is C15H18N4O6. The van der Waals surface area contributed by atoms with Crippen LogP contribution in [-0.2, 0) is 11.3 Å². The van der Waals surface area contributed by atoms with Crippen LogP contribution in [0.2, 0.25) is 0 Å². The number of aromatic nitrogens is 3. The van der Waals surface area contributed by atoms with Gasteiger partial charge in [0.1, 0.15) is 22.7 Å². The van der Waals surface area contributed by atoms with Gasteiger partial charge in [-0.25, -0.2) is 9.59 Å². The molecule has 0 amide bonds. The highest BCUT2D eigenvalue weighted by Crippen LogP contribution is 2.14. The highest BCUT2D eigenvalue weighted by molar-refractivity contribution is 6.02. The summed E-state index contributed by atoms with van der Waals surface area (Å²) in [7, 11) is 0. The number of hydrogen-bond acceptors (Lipinski definition) is 8. The molecule has 0 radical (unpaired) electrons. The molecule has 0 saturated carbocycles. The van der Waals surface area contributed by atoms with E-state index in [1.165, 1.54) is 6.92 Å². The van der Waals surface area contributed by atoms with Crippen LogP contribution in [0.25, 0.3) is 0 Å². The van der Waals surface area contributed by atoms with Crippen molar-refractivity contribution in [3.63, 3.8) is 0 Å². The number of nitrogen functional groups attached to an aromatic ring is 1. The number of hydrogen-bond donors (Lipinski definition) is 2. The Hall–Kier alpha value is -3.17. The number of carbonyl (C=O) groups excluding carboxylic acids is 2. The zero-order chi connectivity index (χ0) is 18.7. The molecule has 10 nitrogen and oxygen atoms in total. The maximum absolute atomic E-state index is 12.3.